The lowest BCUT2D eigenvalue weighted by molar-refractivity contribution is 0.0707. The van der Waals surface area contributed by atoms with Crippen molar-refractivity contribution in [3.63, 3.8) is 0 Å². The van der Waals surface area contributed by atoms with Gasteiger partial charge in [0.15, 0.2) is 0 Å². The molecule has 0 radical (unpaired) electrons. The lowest BCUT2D eigenvalue weighted by atomic mass is 10.1. The number of aryl methyl sites for hydroxylation is 2. The predicted molar refractivity (Wildman–Crippen MR) is 157 cm³/mol. The predicted octanol–water partition coefficient (Wildman–Crippen LogP) is 5.17. The zero-order chi connectivity index (χ0) is 28.6. The summed E-state index contributed by atoms with van der Waals surface area (Å²) < 4.78 is 34.0. The number of amides is 1. The molecule has 10 heteroatoms. The number of carbonyl (C=O) groups excluding carboxylic acids is 1. The fraction of sp³-hybridized carbons (Fsp3) is 0.276. The first-order chi connectivity index (χ1) is 18.6. The lowest BCUT2D eigenvalue weighted by Gasteiger charge is -2.24. The fourth-order valence-electron chi connectivity index (χ4n) is 4.18. The molecule has 8 nitrogen and oxygen atoms in total. The van der Waals surface area contributed by atoms with E-state index in [0.29, 0.717) is 22.3 Å². The molecule has 3 aromatic carbocycles. The number of nitrogens with one attached hydrogen (secondary N) is 1. The molecule has 0 saturated heterocycles. The lowest BCUT2D eigenvalue weighted by Crippen LogP contribution is -2.30. The van der Waals surface area contributed by atoms with Crippen LogP contribution in [0.2, 0.25) is 0 Å². The third-order valence-electron chi connectivity index (χ3n) is 6.21. The molecule has 0 aromatic heterocycles. The summed E-state index contributed by atoms with van der Waals surface area (Å²) in [6.07, 6.45) is 0.951. The average molecular weight is 615 g/mol. The monoisotopic (exact) mass is 613 g/mol. The van der Waals surface area contributed by atoms with E-state index in [1.54, 1.807) is 30.6 Å². The van der Waals surface area contributed by atoms with E-state index in [9.17, 15) is 13.2 Å². The van der Waals surface area contributed by atoms with Crippen LogP contribution in [0.15, 0.2) is 70.0 Å². The molecule has 3 aromatic rings. The normalized spacial score (nSPS) is 10.8. The van der Waals surface area contributed by atoms with Crippen molar-refractivity contribution in [2.75, 3.05) is 35.9 Å². The third kappa shape index (κ3) is 7.12. The number of halogens is 1. The Labute approximate surface area is 238 Å². The van der Waals surface area contributed by atoms with E-state index in [4.69, 9.17) is 9.94 Å². The van der Waals surface area contributed by atoms with Crippen LogP contribution in [0.4, 0.5) is 11.4 Å². The first-order valence-corrected chi connectivity index (χ1v) is 14.6. The van der Waals surface area contributed by atoms with Gasteiger partial charge in [0, 0.05) is 23.8 Å². The highest BCUT2D eigenvalue weighted by atomic mass is 79.9. The second kappa shape index (κ2) is 13.5. The largest absolute Gasteiger partial charge is 0.481 e. The Bertz CT molecular complexity index is 1480. The van der Waals surface area contributed by atoms with E-state index in [-0.39, 0.29) is 22.8 Å². The minimum atomic E-state index is -4.01. The van der Waals surface area contributed by atoms with Gasteiger partial charge < -0.3 is 9.64 Å². The van der Waals surface area contributed by atoms with Gasteiger partial charge in [0.1, 0.15) is 12.4 Å². The molecule has 2 N–H and O–H groups in total. The molecular weight excluding hydrogens is 582 g/mol. The van der Waals surface area contributed by atoms with Crippen molar-refractivity contribution >= 4 is 43.2 Å². The summed E-state index contributed by atoms with van der Waals surface area (Å²) in [5.74, 6) is 5.83. The third-order valence-corrected chi connectivity index (χ3v) is 8.44. The molecular formula is C29H32BrN3O5S. The van der Waals surface area contributed by atoms with Gasteiger partial charge in [-0.3, -0.25) is 14.3 Å². The standard InChI is InChI=1S/C29H32BrN3O5S/c1-5-22-11-7-8-12-27(22)33(6-2)17-9-10-18-38-24-13-15-25(16-14-24)39(36,37)32(4)28-21(3)19-23(30)20-26(28)29(34)31-35/h7-8,11-16,19-20,35H,5-6,17-18H2,1-4H3,(H,31,34). The van der Waals surface area contributed by atoms with Crippen molar-refractivity contribution in [1.82, 2.24) is 5.48 Å². The average Bonchev–Trinajstić information content (AvgIpc) is 2.94. The van der Waals surface area contributed by atoms with Crippen LogP contribution in [-0.4, -0.2) is 46.3 Å². The number of benzene rings is 3. The van der Waals surface area contributed by atoms with Gasteiger partial charge in [-0.1, -0.05) is 52.9 Å². The van der Waals surface area contributed by atoms with E-state index in [1.165, 1.54) is 36.5 Å². The quantitative estimate of drug-likeness (QED) is 0.186. The number of sulfonamides is 1. The van der Waals surface area contributed by atoms with Crippen LogP contribution < -0.4 is 19.4 Å². The number of hydrogen-bond donors (Lipinski definition) is 2. The van der Waals surface area contributed by atoms with Crippen LogP contribution in [0.3, 0.4) is 0 Å². The summed E-state index contributed by atoms with van der Waals surface area (Å²) in [5.41, 5.74) is 4.73. The topological polar surface area (TPSA) is 99.2 Å². The van der Waals surface area contributed by atoms with Gasteiger partial charge in [0.2, 0.25) is 0 Å². The molecule has 0 unspecified atom stereocenters. The second-order valence-corrected chi connectivity index (χ2v) is 11.5. The van der Waals surface area contributed by atoms with Crippen LogP contribution in [0.1, 0.15) is 35.3 Å². The SMILES string of the molecule is CCc1ccccc1N(CC)CC#CCOc1ccc(S(=O)(=O)N(C)c2c(C)cc(Br)cc2C(=O)NO)cc1. The molecule has 0 aliphatic carbocycles. The smallest absolute Gasteiger partial charge is 0.276 e. The van der Waals surface area contributed by atoms with Crippen LogP contribution in [0, 0.1) is 18.8 Å². The van der Waals surface area contributed by atoms with E-state index < -0.39 is 15.9 Å². The second-order valence-electron chi connectivity index (χ2n) is 8.64. The maximum absolute atomic E-state index is 13.4. The summed E-state index contributed by atoms with van der Waals surface area (Å²) in [5, 5.41) is 9.14. The van der Waals surface area contributed by atoms with Gasteiger partial charge in [-0.15, -0.1) is 0 Å². The molecule has 0 spiro atoms. The van der Waals surface area contributed by atoms with Crippen LogP contribution in [0.25, 0.3) is 0 Å². The summed E-state index contributed by atoms with van der Waals surface area (Å²) in [4.78, 5) is 14.5. The Morgan fingerprint density at radius 3 is 2.41 bits per heavy atom. The fourth-order valence-corrected chi connectivity index (χ4v) is 6.03. The first kappa shape index (κ1) is 30.0. The molecule has 0 saturated carbocycles. The Balaban J connectivity index is 1.69. The van der Waals surface area contributed by atoms with Gasteiger partial charge >= 0.3 is 0 Å². The van der Waals surface area contributed by atoms with Gasteiger partial charge in [-0.2, -0.15) is 0 Å². The summed E-state index contributed by atoms with van der Waals surface area (Å²) in [6.45, 7) is 7.49. The highest BCUT2D eigenvalue weighted by Gasteiger charge is 2.27. The number of nitrogens with zero attached hydrogens (tertiary/aromatic N) is 2. The van der Waals surface area contributed by atoms with Gasteiger partial charge in [-0.25, -0.2) is 13.9 Å². The maximum atomic E-state index is 13.4. The van der Waals surface area contributed by atoms with Gasteiger partial charge in [-0.05, 0) is 73.9 Å². The summed E-state index contributed by atoms with van der Waals surface area (Å²) >= 11 is 3.30. The molecule has 3 rings (SSSR count). The number of ether oxygens (including phenoxy) is 1. The van der Waals surface area contributed by atoms with Crippen molar-refractivity contribution in [2.45, 2.75) is 32.1 Å². The molecule has 0 aliphatic heterocycles. The Morgan fingerprint density at radius 1 is 1.08 bits per heavy atom. The number of hydroxylamine groups is 1. The van der Waals surface area contributed by atoms with E-state index >= 15 is 0 Å². The minimum Gasteiger partial charge on any atom is -0.481 e. The molecule has 0 heterocycles. The molecule has 0 fully saturated rings. The minimum absolute atomic E-state index is 0.00815. The van der Waals surface area contributed by atoms with Crippen molar-refractivity contribution in [1.29, 1.82) is 0 Å². The Morgan fingerprint density at radius 2 is 1.77 bits per heavy atom. The van der Waals surface area contributed by atoms with Gasteiger partial charge in [0.05, 0.1) is 22.7 Å². The highest BCUT2D eigenvalue weighted by Crippen LogP contribution is 2.32. The van der Waals surface area contributed by atoms with Crippen molar-refractivity contribution in [2.24, 2.45) is 0 Å². The van der Waals surface area contributed by atoms with Gasteiger partial charge in [0.25, 0.3) is 15.9 Å². The van der Waals surface area contributed by atoms with E-state index in [2.05, 4.69) is 58.7 Å². The molecule has 0 bridgehead atoms. The Kier molecular flexibility index (Phi) is 10.4. The van der Waals surface area contributed by atoms with Crippen LogP contribution in [-0.2, 0) is 16.4 Å². The van der Waals surface area contributed by atoms with Crippen molar-refractivity contribution in [3.05, 3.63) is 81.8 Å². The number of anilines is 2. The first-order valence-electron chi connectivity index (χ1n) is 12.4. The summed E-state index contributed by atoms with van der Waals surface area (Å²) in [7, 11) is -2.66. The number of hydrogen-bond acceptors (Lipinski definition) is 6. The van der Waals surface area contributed by atoms with Crippen LogP contribution in [0.5, 0.6) is 5.75 Å². The van der Waals surface area contributed by atoms with Crippen LogP contribution >= 0.6 is 15.9 Å². The highest BCUT2D eigenvalue weighted by molar-refractivity contribution is 9.10. The number of carbonyl (C=O) groups is 1. The summed E-state index contributed by atoms with van der Waals surface area (Å²) in [6, 6.07) is 17.4. The molecule has 206 valence electrons. The zero-order valence-corrected chi connectivity index (χ0v) is 24.8. The van der Waals surface area contributed by atoms with E-state index in [0.717, 1.165) is 17.3 Å². The Hall–Kier alpha value is -3.52. The molecule has 0 aliphatic rings. The zero-order valence-electron chi connectivity index (χ0n) is 22.4. The molecule has 39 heavy (non-hydrogen) atoms. The van der Waals surface area contributed by atoms with E-state index in [1.807, 2.05) is 12.1 Å². The van der Waals surface area contributed by atoms with Crippen molar-refractivity contribution < 1.29 is 23.2 Å². The molecule has 1 amide bonds. The molecule has 0 atom stereocenters. The maximum Gasteiger partial charge on any atom is 0.276 e. The number of rotatable bonds is 10. The van der Waals surface area contributed by atoms with Crippen molar-refractivity contribution in [3.8, 4) is 17.6 Å². The number of para-hydroxylation sites is 1.